The highest BCUT2D eigenvalue weighted by molar-refractivity contribution is 6.06. The first-order valence-electron chi connectivity index (χ1n) is 9.62. The molecule has 2 amide bonds. The van der Waals surface area contributed by atoms with E-state index in [4.69, 9.17) is 0 Å². The molecule has 4 nitrogen and oxygen atoms in total. The van der Waals surface area contributed by atoms with E-state index in [1.807, 2.05) is 55.5 Å². The third kappa shape index (κ3) is 5.32. The van der Waals surface area contributed by atoms with E-state index < -0.39 is 0 Å². The Morgan fingerprint density at radius 2 is 1.00 bits per heavy atom. The Hall–Kier alpha value is -3.40. The molecule has 0 fully saturated rings. The van der Waals surface area contributed by atoms with E-state index in [9.17, 15) is 9.59 Å². The first-order chi connectivity index (χ1) is 13.7. The summed E-state index contributed by atoms with van der Waals surface area (Å²) in [5.74, 6) is -0.369. The second-order valence-corrected chi connectivity index (χ2v) is 8.18. The van der Waals surface area contributed by atoms with Crippen LogP contribution in [-0.4, -0.2) is 11.8 Å². The molecule has 0 aliphatic carbocycles. The maximum Gasteiger partial charge on any atom is 0.255 e. The van der Waals surface area contributed by atoms with Gasteiger partial charge in [0.25, 0.3) is 11.8 Å². The molecule has 0 radical (unpaired) electrons. The minimum Gasteiger partial charge on any atom is -0.322 e. The summed E-state index contributed by atoms with van der Waals surface area (Å²) < 4.78 is 0. The van der Waals surface area contributed by atoms with Crippen molar-refractivity contribution in [1.82, 2.24) is 0 Å². The summed E-state index contributed by atoms with van der Waals surface area (Å²) in [4.78, 5) is 24.8. The molecule has 2 N–H and O–H groups in total. The Kier molecular flexibility index (Phi) is 5.83. The Labute approximate surface area is 172 Å². The van der Waals surface area contributed by atoms with Crippen LogP contribution < -0.4 is 10.6 Å². The Bertz CT molecular complexity index is 997. The summed E-state index contributed by atoms with van der Waals surface area (Å²) in [6, 6.07) is 22.1. The highest BCUT2D eigenvalue weighted by Crippen LogP contribution is 2.22. The quantitative estimate of drug-likeness (QED) is 0.595. The standard InChI is InChI=1S/C25H26N2O2/c1-17-5-13-21(14-6-17)26-24(29)19-9-15-22(16-10-19)27-23(28)18-7-11-20(12-8-18)25(2,3)4/h5-16H,1-4H3,(H,26,29)(H,27,28). The minimum absolute atomic E-state index is 0.0456. The number of benzene rings is 3. The molecule has 0 spiro atoms. The van der Waals surface area contributed by atoms with E-state index >= 15 is 0 Å². The van der Waals surface area contributed by atoms with Gasteiger partial charge in [-0.1, -0.05) is 50.6 Å². The second-order valence-electron chi connectivity index (χ2n) is 8.18. The first kappa shape index (κ1) is 20.3. The smallest absolute Gasteiger partial charge is 0.255 e. The summed E-state index contributed by atoms with van der Waals surface area (Å²) in [6.45, 7) is 8.41. The highest BCUT2D eigenvalue weighted by Gasteiger charge is 2.14. The number of hydrogen-bond donors (Lipinski definition) is 2. The van der Waals surface area contributed by atoms with Gasteiger partial charge in [0.1, 0.15) is 0 Å². The number of hydrogen-bond acceptors (Lipinski definition) is 2. The third-order valence-corrected chi connectivity index (χ3v) is 4.73. The van der Waals surface area contributed by atoms with Crippen LogP contribution in [0.1, 0.15) is 52.6 Å². The average molecular weight is 386 g/mol. The van der Waals surface area contributed by atoms with E-state index in [-0.39, 0.29) is 17.2 Å². The van der Waals surface area contributed by atoms with E-state index in [1.54, 1.807) is 24.3 Å². The fourth-order valence-electron chi connectivity index (χ4n) is 2.87. The van der Waals surface area contributed by atoms with Gasteiger partial charge in [-0.3, -0.25) is 9.59 Å². The summed E-state index contributed by atoms with van der Waals surface area (Å²) >= 11 is 0. The van der Waals surface area contributed by atoms with Gasteiger partial charge in [0, 0.05) is 22.5 Å². The minimum atomic E-state index is -0.190. The number of carbonyl (C=O) groups is 2. The number of amides is 2. The fourth-order valence-corrected chi connectivity index (χ4v) is 2.87. The van der Waals surface area contributed by atoms with Crippen LogP contribution in [0.3, 0.4) is 0 Å². The summed E-state index contributed by atoms with van der Waals surface area (Å²) in [7, 11) is 0. The van der Waals surface area contributed by atoms with Gasteiger partial charge in [0.05, 0.1) is 0 Å². The zero-order chi connectivity index (χ0) is 21.0. The van der Waals surface area contributed by atoms with Crippen LogP contribution in [-0.2, 0) is 5.41 Å². The second kappa shape index (κ2) is 8.31. The fraction of sp³-hybridized carbons (Fsp3) is 0.200. The number of aryl methyl sites for hydroxylation is 1. The van der Waals surface area contributed by atoms with Crippen molar-refractivity contribution in [2.45, 2.75) is 33.1 Å². The lowest BCUT2D eigenvalue weighted by molar-refractivity contribution is 0.102. The van der Waals surface area contributed by atoms with Crippen LogP contribution >= 0.6 is 0 Å². The van der Waals surface area contributed by atoms with Crippen LogP contribution in [0.25, 0.3) is 0 Å². The molecule has 0 unspecified atom stereocenters. The third-order valence-electron chi connectivity index (χ3n) is 4.73. The molecule has 0 saturated carbocycles. The van der Waals surface area contributed by atoms with Crippen LogP contribution in [0.5, 0.6) is 0 Å². The highest BCUT2D eigenvalue weighted by atomic mass is 16.2. The molecular weight excluding hydrogens is 360 g/mol. The van der Waals surface area contributed by atoms with Crippen molar-refractivity contribution >= 4 is 23.2 Å². The predicted molar refractivity (Wildman–Crippen MR) is 119 cm³/mol. The largest absolute Gasteiger partial charge is 0.322 e. The van der Waals surface area contributed by atoms with Gasteiger partial charge in [-0.25, -0.2) is 0 Å². The van der Waals surface area contributed by atoms with Crippen molar-refractivity contribution in [3.63, 3.8) is 0 Å². The lowest BCUT2D eigenvalue weighted by atomic mass is 9.87. The van der Waals surface area contributed by atoms with Crippen molar-refractivity contribution < 1.29 is 9.59 Å². The zero-order valence-corrected chi connectivity index (χ0v) is 17.2. The first-order valence-corrected chi connectivity index (χ1v) is 9.62. The average Bonchev–Trinajstić information content (AvgIpc) is 2.69. The lowest BCUT2D eigenvalue weighted by Gasteiger charge is -2.19. The molecule has 29 heavy (non-hydrogen) atoms. The van der Waals surface area contributed by atoms with Crippen LogP contribution in [0.2, 0.25) is 0 Å². The molecule has 0 bridgehead atoms. The van der Waals surface area contributed by atoms with Crippen LogP contribution in [0.15, 0.2) is 72.8 Å². The molecule has 3 aromatic carbocycles. The van der Waals surface area contributed by atoms with Gasteiger partial charge in [-0.05, 0) is 66.4 Å². The molecule has 0 atom stereocenters. The van der Waals surface area contributed by atoms with Gasteiger partial charge in [0.15, 0.2) is 0 Å². The van der Waals surface area contributed by atoms with E-state index in [0.29, 0.717) is 16.8 Å². The number of rotatable bonds is 4. The molecule has 0 aromatic heterocycles. The van der Waals surface area contributed by atoms with Crippen molar-refractivity contribution in [1.29, 1.82) is 0 Å². The van der Waals surface area contributed by atoms with E-state index in [1.165, 1.54) is 5.56 Å². The van der Waals surface area contributed by atoms with Crippen molar-refractivity contribution in [3.05, 3.63) is 95.1 Å². The van der Waals surface area contributed by atoms with Gasteiger partial charge >= 0.3 is 0 Å². The van der Waals surface area contributed by atoms with E-state index in [0.717, 1.165) is 11.3 Å². The van der Waals surface area contributed by atoms with Gasteiger partial charge in [-0.2, -0.15) is 0 Å². The molecule has 0 aliphatic heterocycles. The van der Waals surface area contributed by atoms with E-state index in [2.05, 4.69) is 31.4 Å². The molecular formula is C25H26N2O2. The summed E-state index contributed by atoms with van der Waals surface area (Å²) in [5, 5.41) is 5.73. The molecule has 4 heteroatoms. The molecule has 0 saturated heterocycles. The summed E-state index contributed by atoms with van der Waals surface area (Å²) in [6.07, 6.45) is 0. The Balaban J connectivity index is 1.63. The summed E-state index contributed by atoms with van der Waals surface area (Å²) in [5.41, 5.74) is 4.87. The normalized spacial score (nSPS) is 11.0. The number of anilines is 2. The SMILES string of the molecule is Cc1ccc(NC(=O)c2ccc(NC(=O)c3ccc(C(C)(C)C)cc3)cc2)cc1. The molecule has 0 aliphatic rings. The lowest BCUT2D eigenvalue weighted by Crippen LogP contribution is -2.15. The topological polar surface area (TPSA) is 58.2 Å². The van der Waals surface area contributed by atoms with Crippen molar-refractivity contribution in [3.8, 4) is 0 Å². The van der Waals surface area contributed by atoms with Gasteiger partial charge in [-0.15, -0.1) is 0 Å². The molecule has 3 aromatic rings. The maximum atomic E-state index is 12.5. The van der Waals surface area contributed by atoms with Crippen molar-refractivity contribution in [2.24, 2.45) is 0 Å². The Morgan fingerprint density at radius 1 is 0.621 bits per heavy atom. The van der Waals surface area contributed by atoms with Gasteiger partial charge < -0.3 is 10.6 Å². The van der Waals surface area contributed by atoms with Crippen LogP contribution in [0, 0.1) is 6.92 Å². The Morgan fingerprint density at radius 3 is 1.41 bits per heavy atom. The van der Waals surface area contributed by atoms with Crippen molar-refractivity contribution in [2.75, 3.05) is 10.6 Å². The monoisotopic (exact) mass is 386 g/mol. The molecule has 0 heterocycles. The number of nitrogens with one attached hydrogen (secondary N) is 2. The van der Waals surface area contributed by atoms with Gasteiger partial charge in [0.2, 0.25) is 0 Å². The van der Waals surface area contributed by atoms with Crippen LogP contribution in [0.4, 0.5) is 11.4 Å². The maximum absolute atomic E-state index is 12.5. The molecule has 3 rings (SSSR count). The number of carbonyl (C=O) groups excluding carboxylic acids is 2. The predicted octanol–water partition coefficient (Wildman–Crippen LogP) is 5.80. The zero-order valence-electron chi connectivity index (χ0n) is 17.2. The molecule has 148 valence electrons.